The number of carbonyl (C=O) groups is 2. The molecular weight excluding hydrogens is 318 g/mol. The summed E-state index contributed by atoms with van der Waals surface area (Å²) in [5, 5.41) is 5.74. The molecule has 0 radical (unpaired) electrons. The minimum absolute atomic E-state index is 0.170. The van der Waals surface area contributed by atoms with Gasteiger partial charge in [-0.3, -0.25) is 14.6 Å². The van der Waals surface area contributed by atoms with Crippen molar-refractivity contribution in [3.8, 4) is 0 Å². The molecule has 0 spiro atoms. The number of amides is 2. The molecule has 0 saturated heterocycles. The lowest BCUT2D eigenvalue weighted by Gasteiger charge is -2.22. The maximum absolute atomic E-state index is 11.8. The smallest absolute Gasteiger partial charge is 0.251 e. The fraction of sp³-hybridized carbons (Fsp3) is 0.389. The molecule has 0 aliphatic rings. The second-order valence-electron chi connectivity index (χ2n) is 5.60. The minimum Gasteiger partial charge on any atom is -0.368 e. The van der Waals surface area contributed by atoms with Crippen LogP contribution in [0.4, 0.5) is 0 Å². The SMILES string of the molecule is C=CCCCN(C)C(=NC)NCc1ccc(C(=O)NCC(N)=O)cc1. The molecule has 0 unspecified atom stereocenters. The van der Waals surface area contributed by atoms with Crippen molar-refractivity contribution < 1.29 is 9.59 Å². The summed E-state index contributed by atoms with van der Waals surface area (Å²) in [4.78, 5) is 28.8. The topological polar surface area (TPSA) is 99.8 Å². The van der Waals surface area contributed by atoms with Gasteiger partial charge in [0.15, 0.2) is 5.96 Å². The zero-order valence-corrected chi connectivity index (χ0v) is 14.9. The van der Waals surface area contributed by atoms with Gasteiger partial charge in [-0.2, -0.15) is 0 Å². The summed E-state index contributed by atoms with van der Waals surface area (Å²) in [7, 11) is 3.74. The maximum Gasteiger partial charge on any atom is 0.251 e. The van der Waals surface area contributed by atoms with E-state index in [0.29, 0.717) is 12.1 Å². The Morgan fingerprint density at radius 1 is 1.28 bits per heavy atom. The standard InChI is InChI=1S/C18H27N5O2/c1-4-5-6-11-23(3)18(20-2)22-12-14-7-9-15(10-8-14)17(25)21-13-16(19)24/h4,7-10H,1,5-6,11-13H2,2-3H3,(H2,19,24)(H,20,22)(H,21,25). The first-order chi connectivity index (χ1) is 12.0. The predicted molar refractivity (Wildman–Crippen MR) is 100 cm³/mol. The van der Waals surface area contributed by atoms with E-state index in [2.05, 4.69) is 27.1 Å². The fourth-order valence-electron chi connectivity index (χ4n) is 2.19. The molecule has 4 N–H and O–H groups in total. The second kappa shape index (κ2) is 10.9. The quantitative estimate of drug-likeness (QED) is 0.268. The van der Waals surface area contributed by atoms with Gasteiger partial charge in [0, 0.05) is 32.7 Å². The summed E-state index contributed by atoms with van der Waals surface area (Å²) in [5.41, 5.74) is 6.51. The van der Waals surface area contributed by atoms with E-state index in [1.807, 2.05) is 25.3 Å². The lowest BCUT2D eigenvalue weighted by molar-refractivity contribution is -0.117. The summed E-state index contributed by atoms with van der Waals surface area (Å²) in [6, 6.07) is 7.14. The molecule has 0 aromatic heterocycles. The van der Waals surface area contributed by atoms with Gasteiger partial charge in [0.25, 0.3) is 5.91 Å². The Labute approximate surface area is 149 Å². The number of hydrogen-bond acceptors (Lipinski definition) is 3. The number of guanidine groups is 1. The van der Waals surface area contributed by atoms with Crippen LogP contribution in [0.15, 0.2) is 41.9 Å². The molecule has 7 heteroatoms. The Bertz CT molecular complexity index is 610. The highest BCUT2D eigenvalue weighted by Gasteiger charge is 2.07. The number of primary amides is 1. The van der Waals surface area contributed by atoms with Gasteiger partial charge in [-0.05, 0) is 30.5 Å². The Morgan fingerprint density at radius 3 is 2.52 bits per heavy atom. The summed E-state index contributed by atoms with van der Waals surface area (Å²) >= 11 is 0. The summed E-state index contributed by atoms with van der Waals surface area (Å²) in [6.07, 6.45) is 3.90. The van der Waals surface area contributed by atoms with Crippen LogP contribution in [-0.4, -0.2) is 49.9 Å². The molecule has 0 aliphatic carbocycles. The molecular formula is C18H27N5O2. The van der Waals surface area contributed by atoms with Crippen LogP contribution >= 0.6 is 0 Å². The predicted octanol–water partition coefficient (Wildman–Crippen LogP) is 0.875. The van der Waals surface area contributed by atoms with Crippen molar-refractivity contribution in [1.82, 2.24) is 15.5 Å². The zero-order valence-electron chi connectivity index (χ0n) is 14.9. The summed E-state index contributed by atoms with van der Waals surface area (Å²) in [5.74, 6) is -0.0822. The molecule has 25 heavy (non-hydrogen) atoms. The van der Waals surface area contributed by atoms with Gasteiger partial charge in [0.1, 0.15) is 0 Å². The van der Waals surface area contributed by atoms with E-state index < -0.39 is 5.91 Å². The molecule has 136 valence electrons. The lowest BCUT2D eigenvalue weighted by atomic mass is 10.1. The Balaban J connectivity index is 2.52. The van der Waals surface area contributed by atoms with Crippen LogP contribution in [0.3, 0.4) is 0 Å². The van der Waals surface area contributed by atoms with Crippen molar-refractivity contribution in [2.45, 2.75) is 19.4 Å². The highest BCUT2D eigenvalue weighted by Crippen LogP contribution is 2.05. The Kier molecular flexibility index (Phi) is 8.78. The molecule has 0 aliphatic heterocycles. The number of rotatable bonds is 9. The number of hydrogen-bond donors (Lipinski definition) is 3. The molecule has 0 fully saturated rings. The highest BCUT2D eigenvalue weighted by atomic mass is 16.2. The van der Waals surface area contributed by atoms with Crippen molar-refractivity contribution >= 4 is 17.8 Å². The fourth-order valence-corrected chi connectivity index (χ4v) is 2.19. The van der Waals surface area contributed by atoms with Crippen LogP contribution in [0, 0.1) is 0 Å². The molecule has 0 atom stereocenters. The number of unbranched alkanes of at least 4 members (excludes halogenated alkanes) is 1. The molecule has 0 heterocycles. The van der Waals surface area contributed by atoms with Gasteiger partial charge in [-0.25, -0.2) is 0 Å². The number of nitrogens with one attached hydrogen (secondary N) is 2. The van der Waals surface area contributed by atoms with Gasteiger partial charge in [0.05, 0.1) is 6.54 Å². The van der Waals surface area contributed by atoms with Gasteiger partial charge < -0.3 is 21.3 Å². The van der Waals surface area contributed by atoms with Crippen molar-refractivity contribution in [2.24, 2.45) is 10.7 Å². The summed E-state index contributed by atoms with van der Waals surface area (Å²) in [6.45, 7) is 5.04. The average molecular weight is 345 g/mol. The van der Waals surface area contributed by atoms with E-state index in [0.717, 1.165) is 30.9 Å². The maximum atomic E-state index is 11.8. The largest absolute Gasteiger partial charge is 0.368 e. The van der Waals surface area contributed by atoms with E-state index in [-0.39, 0.29) is 12.5 Å². The monoisotopic (exact) mass is 345 g/mol. The number of nitrogens with zero attached hydrogens (tertiary/aromatic N) is 2. The number of benzene rings is 1. The first-order valence-electron chi connectivity index (χ1n) is 8.16. The molecule has 1 aromatic carbocycles. The first-order valence-corrected chi connectivity index (χ1v) is 8.16. The number of carbonyl (C=O) groups excluding carboxylic acids is 2. The van der Waals surface area contributed by atoms with Crippen LogP contribution in [0.2, 0.25) is 0 Å². The third-order valence-electron chi connectivity index (χ3n) is 3.57. The van der Waals surface area contributed by atoms with Crippen molar-refractivity contribution in [3.05, 3.63) is 48.0 Å². The molecule has 0 bridgehead atoms. The minimum atomic E-state index is -0.572. The van der Waals surface area contributed by atoms with Gasteiger partial charge in [-0.1, -0.05) is 18.2 Å². The van der Waals surface area contributed by atoms with E-state index in [1.54, 1.807) is 19.2 Å². The Hall–Kier alpha value is -2.83. The van der Waals surface area contributed by atoms with E-state index >= 15 is 0 Å². The van der Waals surface area contributed by atoms with Gasteiger partial charge >= 0.3 is 0 Å². The summed E-state index contributed by atoms with van der Waals surface area (Å²) < 4.78 is 0. The third-order valence-corrected chi connectivity index (χ3v) is 3.57. The average Bonchev–Trinajstić information content (AvgIpc) is 2.61. The number of allylic oxidation sites excluding steroid dienone is 1. The van der Waals surface area contributed by atoms with Crippen molar-refractivity contribution in [3.63, 3.8) is 0 Å². The van der Waals surface area contributed by atoms with Crippen LogP contribution in [0.5, 0.6) is 0 Å². The third kappa shape index (κ3) is 7.52. The number of nitrogens with two attached hydrogens (primary N) is 1. The van der Waals surface area contributed by atoms with Crippen LogP contribution in [0.1, 0.15) is 28.8 Å². The highest BCUT2D eigenvalue weighted by molar-refractivity contribution is 5.96. The van der Waals surface area contributed by atoms with E-state index in [9.17, 15) is 9.59 Å². The van der Waals surface area contributed by atoms with Crippen LogP contribution in [-0.2, 0) is 11.3 Å². The molecule has 1 aromatic rings. The van der Waals surface area contributed by atoms with Crippen LogP contribution in [0.25, 0.3) is 0 Å². The zero-order chi connectivity index (χ0) is 18.7. The number of aliphatic imine (C=N–C) groups is 1. The van der Waals surface area contributed by atoms with Gasteiger partial charge in [-0.15, -0.1) is 6.58 Å². The molecule has 7 nitrogen and oxygen atoms in total. The molecule has 1 rings (SSSR count). The van der Waals surface area contributed by atoms with E-state index in [1.165, 1.54) is 0 Å². The van der Waals surface area contributed by atoms with Crippen molar-refractivity contribution in [2.75, 3.05) is 27.2 Å². The van der Waals surface area contributed by atoms with Crippen LogP contribution < -0.4 is 16.4 Å². The Morgan fingerprint density at radius 2 is 1.96 bits per heavy atom. The lowest BCUT2D eigenvalue weighted by Crippen LogP contribution is -2.39. The second-order valence-corrected chi connectivity index (χ2v) is 5.60. The normalized spacial score (nSPS) is 10.9. The molecule has 2 amide bonds. The van der Waals surface area contributed by atoms with Gasteiger partial charge in [0.2, 0.25) is 5.91 Å². The first kappa shape index (κ1) is 20.2. The molecule has 0 saturated carbocycles. The van der Waals surface area contributed by atoms with Crippen molar-refractivity contribution in [1.29, 1.82) is 0 Å². The van der Waals surface area contributed by atoms with E-state index in [4.69, 9.17) is 5.73 Å².